The van der Waals surface area contributed by atoms with Crippen LogP contribution in [0, 0.1) is 5.41 Å². The summed E-state index contributed by atoms with van der Waals surface area (Å²) in [5, 5.41) is 5.72. The number of nitrogens with one attached hydrogen (secondary N) is 2. The van der Waals surface area contributed by atoms with Gasteiger partial charge in [0, 0.05) is 18.3 Å². The average Bonchev–Trinajstić information content (AvgIpc) is 2.55. The summed E-state index contributed by atoms with van der Waals surface area (Å²) in [5.74, 6) is 1.11. The maximum atomic E-state index is 12.2. The number of ether oxygens (including phenoxy) is 1. The Kier molecular flexibility index (Phi) is 6.47. The van der Waals surface area contributed by atoms with Gasteiger partial charge in [-0.3, -0.25) is 0 Å². The smallest absolute Gasteiger partial charge is 0.319 e. The molecule has 2 rings (SSSR count). The lowest BCUT2D eigenvalue weighted by Gasteiger charge is -2.23. The Morgan fingerprint density at radius 1 is 1.04 bits per heavy atom. The van der Waals surface area contributed by atoms with E-state index in [1.807, 2.05) is 24.3 Å². The van der Waals surface area contributed by atoms with E-state index in [0.29, 0.717) is 18.1 Å². The molecule has 0 aliphatic rings. The SMILES string of the molecule is CC(C)(C)CCNC(=O)Nc1cccnc1Oc1ccccc1C(C)(C)C. The Hall–Kier alpha value is -2.56. The number of hydrogen-bond acceptors (Lipinski definition) is 3. The van der Waals surface area contributed by atoms with Gasteiger partial charge in [-0.2, -0.15) is 0 Å². The summed E-state index contributed by atoms with van der Waals surface area (Å²) in [7, 11) is 0. The summed E-state index contributed by atoms with van der Waals surface area (Å²) in [6, 6.07) is 11.2. The van der Waals surface area contributed by atoms with Gasteiger partial charge in [-0.1, -0.05) is 59.7 Å². The van der Waals surface area contributed by atoms with E-state index in [2.05, 4.69) is 57.2 Å². The van der Waals surface area contributed by atoms with Crippen LogP contribution in [-0.4, -0.2) is 17.6 Å². The minimum atomic E-state index is -0.263. The number of para-hydroxylation sites is 1. The van der Waals surface area contributed by atoms with Crippen LogP contribution in [0.2, 0.25) is 0 Å². The van der Waals surface area contributed by atoms with Gasteiger partial charge >= 0.3 is 6.03 Å². The molecule has 5 heteroatoms. The fourth-order valence-electron chi connectivity index (χ4n) is 2.56. The van der Waals surface area contributed by atoms with Crippen molar-refractivity contribution in [3.63, 3.8) is 0 Å². The van der Waals surface area contributed by atoms with Crippen LogP contribution >= 0.6 is 0 Å². The molecule has 0 aliphatic carbocycles. The van der Waals surface area contributed by atoms with E-state index >= 15 is 0 Å². The van der Waals surface area contributed by atoms with Crippen LogP contribution in [0.5, 0.6) is 11.6 Å². The van der Waals surface area contributed by atoms with E-state index in [0.717, 1.165) is 17.7 Å². The van der Waals surface area contributed by atoms with Crippen molar-refractivity contribution >= 4 is 11.7 Å². The van der Waals surface area contributed by atoms with Crippen molar-refractivity contribution in [2.45, 2.75) is 53.4 Å². The van der Waals surface area contributed by atoms with Gasteiger partial charge in [0.05, 0.1) is 0 Å². The van der Waals surface area contributed by atoms with E-state index in [4.69, 9.17) is 4.74 Å². The van der Waals surface area contributed by atoms with Crippen molar-refractivity contribution in [1.82, 2.24) is 10.3 Å². The second-order valence-electron chi connectivity index (χ2n) is 8.90. The second kappa shape index (κ2) is 8.42. The van der Waals surface area contributed by atoms with Gasteiger partial charge in [0.15, 0.2) is 0 Å². The predicted molar refractivity (Wildman–Crippen MR) is 111 cm³/mol. The maximum absolute atomic E-state index is 12.2. The fourth-order valence-corrected chi connectivity index (χ4v) is 2.56. The Morgan fingerprint density at radius 2 is 1.74 bits per heavy atom. The highest BCUT2D eigenvalue weighted by Crippen LogP contribution is 2.35. The highest BCUT2D eigenvalue weighted by molar-refractivity contribution is 5.90. The molecule has 5 nitrogen and oxygen atoms in total. The molecule has 2 aromatic rings. The van der Waals surface area contributed by atoms with Gasteiger partial charge in [0.2, 0.25) is 5.88 Å². The molecule has 0 aliphatic heterocycles. The molecule has 1 aromatic carbocycles. The summed E-state index contributed by atoms with van der Waals surface area (Å²) in [4.78, 5) is 16.5. The number of carbonyl (C=O) groups is 1. The molecule has 1 aromatic heterocycles. The summed E-state index contributed by atoms with van der Waals surface area (Å²) >= 11 is 0. The molecule has 27 heavy (non-hydrogen) atoms. The quantitative estimate of drug-likeness (QED) is 0.707. The van der Waals surface area contributed by atoms with Gasteiger partial charge in [-0.25, -0.2) is 9.78 Å². The number of pyridine rings is 1. The average molecular weight is 370 g/mol. The third kappa shape index (κ3) is 6.59. The lowest BCUT2D eigenvalue weighted by atomic mass is 9.86. The molecule has 0 saturated carbocycles. The van der Waals surface area contributed by atoms with Crippen molar-refractivity contribution in [1.29, 1.82) is 0 Å². The van der Waals surface area contributed by atoms with Gasteiger partial charge in [0.25, 0.3) is 0 Å². The molecule has 1 heterocycles. The van der Waals surface area contributed by atoms with Crippen LogP contribution < -0.4 is 15.4 Å². The summed E-state index contributed by atoms with van der Waals surface area (Å²) in [5.41, 5.74) is 1.72. The third-order valence-corrected chi connectivity index (χ3v) is 4.08. The van der Waals surface area contributed by atoms with Crippen LogP contribution in [0.25, 0.3) is 0 Å². The van der Waals surface area contributed by atoms with Crippen LogP contribution in [0.3, 0.4) is 0 Å². The Bertz CT molecular complexity index is 774. The normalized spacial score (nSPS) is 11.8. The first kappa shape index (κ1) is 20.7. The lowest BCUT2D eigenvalue weighted by Crippen LogP contribution is -2.31. The van der Waals surface area contributed by atoms with Crippen molar-refractivity contribution in [3.05, 3.63) is 48.2 Å². The summed E-state index contributed by atoms with van der Waals surface area (Å²) < 4.78 is 6.07. The first-order valence-electron chi connectivity index (χ1n) is 9.33. The van der Waals surface area contributed by atoms with Gasteiger partial charge in [-0.15, -0.1) is 0 Å². The molecular formula is C22H31N3O2. The number of benzene rings is 1. The molecule has 0 fully saturated rings. The molecular weight excluding hydrogens is 338 g/mol. The monoisotopic (exact) mass is 369 g/mol. The zero-order valence-electron chi connectivity index (χ0n) is 17.2. The minimum Gasteiger partial charge on any atom is -0.437 e. The van der Waals surface area contributed by atoms with Crippen molar-refractivity contribution in [2.75, 3.05) is 11.9 Å². The molecule has 0 radical (unpaired) electrons. The second-order valence-corrected chi connectivity index (χ2v) is 8.90. The van der Waals surface area contributed by atoms with Gasteiger partial charge in [0.1, 0.15) is 11.4 Å². The van der Waals surface area contributed by atoms with Gasteiger partial charge < -0.3 is 15.4 Å². The van der Waals surface area contributed by atoms with E-state index in [-0.39, 0.29) is 16.9 Å². The van der Waals surface area contributed by atoms with Gasteiger partial charge in [-0.05, 0) is 35.4 Å². The Balaban J connectivity index is 2.12. The van der Waals surface area contributed by atoms with Crippen molar-refractivity contribution < 1.29 is 9.53 Å². The topological polar surface area (TPSA) is 63.2 Å². The third-order valence-electron chi connectivity index (χ3n) is 4.08. The van der Waals surface area contributed by atoms with E-state index < -0.39 is 0 Å². The molecule has 0 saturated heterocycles. The molecule has 146 valence electrons. The van der Waals surface area contributed by atoms with Crippen LogP contribution in [-0.2, 0) is 5.41 Å². The lowest BCUT2D eigenvalue weighted by molar-refractivity contribution is 0.250. The molecule has 2 N–H and O–H groups in total. The molecule has 0 unspecified atom stereocenters. The highest BCUT2D eigenvalue weighted by Gasteiger charge is 2.20. The van der Waals surface area contributed by atoms with Crippen molar-refractivity contribution in [3.8, 4) is 11.6 Å². The van der Waals surface area contributed by atoms with Crippen molar-refractivity contribution in [2.24, 2.45) is 5.41 Å². The standard InChI is InChI=1S/C22H31N3O2/c1-21(2,3)13-15-24-20(26)25-17-11-9-14-23-19(17)27-18-12-8-7-10-16(18)22(4,5)6/h7-12,14H,13,15H2,1-6H3,(H2,24,25,26). The first-order valence-corrected chi connectivity index (χ1v) is 9.33. The highest BCUT2D eigenvalue weighted by atomic mass is 16.5. The zero-order chi connectivity index (χ0) is 20.1. The number of hydrogen-bond donors (Lipinski definition) is 2. The van der Waals surface area contributed by atoms with E-state index in [1.54, 1.807) is 18.3 Å². The minimum absolute atomic E-state index is 0.0662. The van der Waals surface area contributed by atoms with E-state index in [9.17, 15) is 4.79 Å². The Labute approximate surface area is 162 Å². The number of anilines is 1. The van der Waals surface area contributed by atoms with Crippen LogP contribution in [0.1, 0.15) is 53.5 Å². The maximum Gasteiger partial charge on any atom is 0.319 e. The molecule has 0 atom stereocenters. The van der Waals surface area contributed by atoms with Crippen LogP contribution in [0.4, 0.5) is 10.5 Å². The van der Waals surface area contributed by atoms with Crippen LogP contribution in [0.15, 0.2) is 42.6 Å². The number of amides is 2. The number of urea groups is 1. The number of carbonyl (C=O) groups excluding carboxylic acids is 1. The number of nitrogens with zero attached hydrogens (tertiary/aromatic N) is 1. The summed E-state index contributed by atoms with van der Waals surface area (Å²) in [6.07, 6.45) is 2.55. The predicted octanol–water partition coefficient (Wildman–Crippen LogP) is 5.73. The first-order chi connectivity index (χ1) is 12.6. The van der Waals surface area contributed by atoms with E-state index in [1.165, 1.54) is 0 Å². The number of aromatic nitrogens is 1. The molecule has 0 bridgehead atoms. The zero-order valence-corrected chi connectivity index (χ0v) is 17.2. The molecule has 0 spiro atoms. The number of rotatable bonds is 5. The summed E-state index contributed by atoms with van der Waals surface area (Å²) in [6.45, 7) is 13.4. The molecule has 2 amide bonds. The fraction of sp³-hybridized carbons (Fsp3) is 0.455. The largest absolute Gasteiger partial charge is 0.437 e. The Morgan fingerprint density at radius 3 is 2.41 bits per heavy atom.